The quantitative estimate of drug-likeness (QED) is 0.752. The maximum absolute atomic E-state index is 12.7. The third-order valence-electron chi connectivity index (χ3n) is 4.65. The lowest BCUT2D eigenvalue weighted by Crippen LogP contribution is -2.45. The maximum atomic E-state index is 12.7. The fourth-order valence-corrected chi connectivity index (χ4v) is 2.71. The first kappa shape index (κ1) is 22.3. The molecule has 0 unspecified atom stereocenters. The summed E-state index contributed by atoms with van der Waals surface area (Å²) in [6.07, 6.45) is 1.12. The van der Waals surface area contributed by atoms with E-state index < -0.39 is 23.5 Å². The standard InChI is InChI=1S/C19H35N3O4/c1-8-12(3)20-16(23)14-10-22(18(25)26-19(5,6)7)11-15(14)17(24)21-13(4)9-2/h12-15H,8-11H2,1-7H3,(H,20,23)(H,21,24)/t12-,13-,14-,15-/m0/s1. The molecule has 1 saturated heterocycles. The number of carbonyl (C=O) groups excluding carboxylic acids is 3. The highest BCUT2D eigenvalue weighted by Crippen LogP contribution is 2.26. The van der Waals surface area contributed by atoms with Crippen molar-refractivity contribution in [2.75, 3.05) is 13.1 Å². The highest BCUT2D eigenvalue weighted by Gasteiger charge is 2.44. The third kappa shape index (κ3) is 6.50. The molecule has 0 aromatic rings. The van der Waals surface area contributed by atoms with Gasteiger partial charge in [-0.15, -0.1) is 0 Å². The van der Waals surface area contributed by atoms with Gasteiger partial charge in [0, 0.05) is 25.2 Å². The molecule has 0 spiro atoms. The first-order chi connectivity index (χ1) is 12.0. The van der Waals surface area contributed by atoms with E-state index in [2.05, 4.69) is 10.6 Å². The summed E-state index contributed by atoms with van der Waals surface area (Å²) in [5, 5.41) is 5.87. The van der Waals surface area contributed by atoms with Gasteiger partial charge in [-0.05, 0) is 47.5 Å². The molecule has 1 aliphatic rings. The summed E-state index contributed by atoms with van der Waals surface area (Å²) in [5.41, 5.74) is -0.622. The molecule has 0 bridgehead atoms. The number of nitrogens with one attached hydrogen (secondary N) is 2. The van der Waals surface area contributed by atoms with Crippen LogP contribution >= 0.6 is 0 Å². The zero-order valence-electron chi connectivity index (χ0n) is 17.2. The zero-order valence-corrected chi connectivity index (χ0v) is 17.2. The van der Waals surface area contributed by atoms with E-state index in [0.717, 1.165) is 12.8 Å². The van der Waals surface area contributed by atoms with Crippen LogP contribution in [0.2, 0.25) is 0 Å². The number of carbonyl (C=O) groups is 3. The first-order valence-corrected chi connectivity index (χ1v) is 9.57. The second kappa shape index (κ2) is 9.24. The minimum absolute atomic E-state index is 0.0244. The number of rotatable bonds is 6. The van der Waals surface area contributed by atoms with E-state index in [1.165, 1.54) is 4.90 Å². The van der Waals surface area contributed by atoms with Gasteiger partial charge < -0.3 is 20.3 Å². The Morgan fingerprint density at radius 3 is 1.65 bits per heavy atom. The number of hydrogen-bond acceptors (Lipinski definition) is 4. The summed E-state index contributed by atoms with van der Waals surface area (Å²) in [5.74, 6) is -1.51. The van der Waals surface area contributed by atoms with Crippen LogP contribution in [-0.4, -0.2) is 53.6 Å². The SMILES string of the molecule is CC[C@H](C)NC(=O)[C@H]1CN(C(=O)OC(C)(C)C)C[C@@H]1C(=O)N[C@@H](C)CC. The molecule has 1 heterocycles. The summed E-state index contributed by atoms with van der Waals surface area (Å²) in [6, 6.07) is 0.0488. The topological polar surface area (TPSA) is 87.7 Å². The Hall–Kier alpha value is -1.79. The van der Waals surface area contributed by atoms with Crippen LogP contribution in [0.25, 0.3) is 0 Å². The van der Waals surface area contributed by atoms with Gasteiger partial charge in [-0.3, -0.25) is 9.59 Å². The summed E-state index contributed by atoms with van der Waals surface area (Å²) >= 11 is 0. The molecule has 3 amide bonds. The van der Waals surface area contributed by atoms with Crippen molar-refractivity contribution in [3.63, 3.8) is 0 Å². The first-order valence-electron chi connectivity index (χ1n) is 9.57. The lowest BCUT2D eigenvalue weighted by molar-refractivity contribution is -0.133. The van der Waals surface area contributed by atoms with E-state index in [-0.39, 0.29) is 37.0 Å². The molecular weight excluding hydrogens is 334 g/mol. The molecule has 26 heavy (non-hydrogen) atoms. The highest BCUT2D eigenvalue weighted by atomic mass is 16.6. The van der Waals surface area contributed by atoms with Gasteiger partial charge in [-0.25, -0.2) is 4.79 Å². The Morgan fingerprint density at radius 1 is 0.962 bits per heavy atom. The van der Waals surface area contributed by atoms with Crippen molar-refractivity contribution in [1.29, 1.82) is 0 Å². The van der Waals surface area contributed by atoms with E-state index in [4.69, 9.17) is 4.74 Å². The summed E-state index contributed by atoms with van der Waals surface area (Å²) in [4.78, 5) is 39.2. The van der Waals surface area contributed by atoms with E-state index in [0.29, 0.717) is 0 Å². The van der Waals surface area contributed by atoms with Crippen molar-refractivity contribution in [2.45, 2.75) is 79.0 Å². The predicted molar refractivity (Wildman–Crippen MR) is 101 cm³/mol. The molecule has 1 fully saturated rings. The van der Waals surface area contributed by atoms with Crippen LogP contribution in [0.4, 0.5) is 4.79 Å². The number of nitrogens with zero attached hydrogens (tertiary/aromatic N) is 1. The van der Waals surface area contributed by atoms with Crippen LogP contribution in [0.3, 0.4) is 0 Å². The molecule has 0 aliphatic carbocycles. The van der Waals surface area contributed by atoms with Crippen LogP contribution in [0, 0.1) is 11.8 Å². The zero-order chi connectivity index (χ0) is 20.1. The average molecular weight is 370 g/mol. The highest BCUT2D eigenvalue weighted by molar-refractivity contribution is 5.90. The lowest BCUT2D eigenvalue weighted by atomic mass is 9.93. The molecule has 1 rings (SSSR count). The maximum Gasteiger partial charge on any atom is 0.410 e. The van der Waals surface area contributed by atoms with Crippen molar-refractivity contribution in [1.82, 2.24) is 15.5 Å². The van der Waals surface area contributed by atoms with Crippen molar-refractivity contribution in [3.8, 4) is 0 Å². The fourth-order valence-electron chi connectivity index (χ4n) is 2.71. The molecule has 150 valence electrons. The molecule has 7 heteroatoms. The monoisotopic (exact) mass is 369 g/mol. The molecule has 0 radical (unpaired) electrons. The molecule has 2 N–H and O–H groups in total. The Labute approximate surface area is 157 Å². The molecule has 4 atom stereocenters. The molecule has 0 aromatic carbocycles. The number of hydrogen-bond donors (Lipinski definition) is 2. The fraction of sp³-hybridized carbons (Fsp3) is 0.842. The normalized spacial score (nSPS) is 22.5. The van der Waals surface area contributed by atoms with Crippen LogP contribution in [-0.2, 0) is 14.3 Å². The smallest absolute Gasteiger partial charge is 0.410 e. The Balaban J connectivity index is 2.92. The van der Waals surface area contributed by atoms with Crippen LogP contribution in [0.5, 0.6) is 0 Å². The van der Waals surface area contributed by atoms with E-state index >= 15 is 0 Å². The molecule has 1 aliphatic heterocycles. The van der Waals surface area contributed by atoms with E-state index in [9.17, 15) is 14.4 Å². The van der Waals surface area contributed by atoms with Gasteiger partial charge in [-0.2, -0.15) is 0 Å². The van der Waals surface area contributed by atoms with Crippen molar-refractivity contribution in [3.05, 3.63) is 0 Å². The van der Waals surface area contributed by atoms with E-state index in [1.807, 2.05) is 27.7 Å². The van der Waals surface area contributed by atoms with Crippen molar-refractivity contribution < 1.29 is 19.1 Å². The van der Waals surface area contributed by atoms with Gasteiger partial charge in [0.2, 0.25) is 11.8 Å². The largest absolute Gasteiger partial charge is 0.444 e. The lowest BCUT2D eigenvalue weighted by Gasteiger charge is -2.24. The number of likely N-dealkylation sites (tertiary alicyclic amines) is 1. The minimum Gasteiger partial charge on any atom is -0.444 e. The molecule has 0 aromatic heterocycles. The minimum atomic E-state index is -0.622. The summed E-state index contributed by atoms with van der Waals surface area (Å²) in [6.45, 7) is 13.6. The average Bonchev–Trinajstić information content (AvgIpc) is 2.98. The second-order valence-corrected chi connectivity index (χ2v) is 8.23. The summed E-state index contributed by atoms with van der Waals surface area (Å²) in [7, 11) is 0. The third-order valence-corrected chi connectivity index (χ3v) is 4.65. The van der Waals surface area contributed by atoms with Crippen molar-refractivity contribution in [2.24, 2.45) is 11.8 Å². The van der Waals surface area contributed by atoms with Crippen LogP contribution in [0.1, 0.15) is 61.3 Å². The summed E-state index contributed by atoms with van der Waals surface area (Å²) < 4.78 is 5.41. The van der Waals surface area contributed by atoms with E-state index in [1.54, 1.807) is 20.8 Å². The number of amides is 3. The molecule has 7 nitrogen and oxygen atoms in total. The predicted octanol–water partition coefficient (Wildman–Crippen LogP) is 2.30. The van der Waals surface area contributed by atoms with Gasteiger partial charge >= 0.3 is 6.09 Å². The van der Waals surface area contributed by atoms with Crippen LogP contribution < -0.4 is 10.6 Å². The molecular formula is C19H35N3O4. The second-order valence-electron chi connectivity index (χ2n) is 8.23. The van der Waals surface area contributed by atoms with Crippen LogP contribution in [0.15, 0.2) is 0 Å². The molecule has 0 saturated carbocycles. The van der Waals surface area contributed by atoms with Gasteiger partial charge in [0.1, 0.15) is 5.60 Å². The Kier molecular flexibility index (Phi) is 7.90. The number of ether oxygens (including phenoxy) is 1. The van der Waals surface area contributed by atoms with Gasteiger partial charge in [0.05, 0.1) is 11.8 Å². The van der Waals surface area contributed by atoms with Gasteiger partial charge in [0.25, 0.3) is 0 Å². The Morgan fingerprint density at radius 2 is 1.35 bits per heavy atom. The van der Waals surface area contributed by atoms with Crippen molar-refractivity contribution >= 4 is 17.9 Å². The van der Waals surface area contributed by atoms with Gasteiger partial charge in [-0.1, -0.05) is 13.8 Å². The van der Waals surface area contributed by atoms with Gasteiger partial charge in [0.15, 0.2) is 0 Å². The Bertz CT molecular complexity index is 483.